The van der Waals surface area contributed by atoms with Crippen LogP contribution in [0.3, 0.4) is 0 Å². The normalized spacial score (nSPS) is 10.5. The van der Waals surface area contributed by atoms with E-state index in [2.05, 4.69) is 4.98 Å². The van der Waals surface area contributed by atoms with Gasteiger partial charge in [0.2, 0.25) is 0 Å². The number of rotatable bonds is 4. The van der Waals surface area contributed by atoms with Crippen LogP contribution in [0.2, 0.25) is 0 Å². The Morgan fingerprint density at radius 1 is 1.14 bits per heavy atom. The van der Waals surface area contributed by atoms with Gasteiger partial charge in [0, 0.05) is 11.6 Å². The molecule has 1 heterocycles. The highest BCUT2D eigenvalue weighted by Gasteiger charge is 2.12. The van der Waals surface area contributed by atoms with E-state index in [1.54, 1.807) is 12.1 Å². The Labute approximate surface area is 122 Å². The molecule has 1 aromatic heterocycles. The van der Waals surface area contributed by atoms with E-state index in [9.17, 15) is 4.79 Å². The van der Waals surface area contributed by atoms with Crippen LogP contribution in [-0.2, 0) is 11.3 Å². The molecule has 0 amide bonds. The summed E-state index contributed by atoms with van der Waals surface area (Å²) in [4.78, 5) is 14.8. The molecule has 2 aromatic carbocycles. The van der Waals surface area contributed by atoms with Gasteiger partial charge in [0.05, 0.1) is 18.2 Å². The number of fused-ring (bicyclic) bond motifs is 1. The average molecular weight is 281 g/mol. The van der Waals surface area contributed by atoms with Gasteiger partial charge in [0.25, 0.3) is 0 Å². The summed E-state index contributed by atoms with van der Waals surface area (Å²) in [6.07, 6.45) is 1.82. The van der Waals surface area contributed by atoms with Crippen molar-refractivity contribution in [1.29, 1.82) is 0 Å². The van der Waals surface area contributed by atoms with Gasteiger partial charge in [0.15, 0.2) is 0 Å². The summed E-state index contributed by atoms with van der Waals surface area (Å²) >= 11 is 0. The molecule has 0 unspecified atom stereocenters. The molecule has 4 heteroatoms. The first-order valence-electron chi connectivity index (χ1n) is 6.64. The smallest absolute Gasteiger partial charge is 0.338 e. The first-order valence-corrected chi connectivity index (χ1v) is 6.64. The largest absolute Gasteiger partial charge is 0.487 e. The van der Waals surface area contributed by atoms with Crippen LogP contribution >= 0.6 is 0 Å². The van der Waals surface area contributed by atoms with Crippen molar-refractivity contribution < 1.29 is 14.3 Å². The summed E-state index contributed by atoms with van der Waals surface area (Å²) in [5, 5.41) is 0.918. The molecule has 106 valence electrons. The lowest BCUT2D eigenvalue weighted by Gasteiger charge is -2.09. The highest BCUT2D eigenvalue weighted by atomic mass is 16.5. The summed E-state index contributed by atoms with van der Waals surface area (Å²) in [5.74, 6) is 0.268. The van der Waals surface area contributed by atoms with Gasteiger partial charge in [-0.2, -0.15) is 0 Å². The second kappa shape index (κ2) is 5.71. The first kappa shape index (κ1) is 13.2. The van der Waals surface area contributed by atoms with E-state index < -0.39 is 0 Å². The van der Waals surface area contributed by atoms with Crippen molar-refractivity contribution in [2.45, 2.75) is 6.61 Å². The summed E-state index contributed by atoms with van der Waals surface area (Å²) in [6.45, 7) is 0.444. The van der Waals surface area contributed by atoms with Crippen LogP contribution in [0, 0.1) is 0 Å². The SMILES string of the molecule is COC(=O)c1cc(OCc2ccccc2)c2[nH]ccc2c1. The Morgan fingerprint density at radius 3 is 2.71 bits per heavy atom. The van der Waals surface area contributed by atoms with Gasteiger partial charge in [-0.3, -0.25) is 0 Å². The lowest BCUT2D eigenvalue weighted by Crippen LogP contribution is -2.03. The predicted molar refractivity (Wildman–Crippen MR) is 80.4 cm³/mol. The molecule has 0 aliphatic carbocycles. The molecular formula is C17H15NO3. The van der Waals surface area contributed by atoms with E-state index in [-0.39, 0.29) is 5.97 Å². The van der Waals surface area contributed by atoms with E-state index >= 15 is 0 Å². The van der Waals surface area contributed by atoms with Crippen molar-refractivity contribution in [3.8, 4) is 5.75 Å². The molecule has 0 aliphatic heterocycles. The van der Waals surface area contributed by atoms with Crippen molar-refractivity contribution in [3.63, 3.8) is 0 Å². The number of methoxy groups -OCH3 is 1. The molecule has 3 aromatic rings. The number of aromatic amines is 1. The number of hydrogen-bond acceptors (Lipinski definition) is 3. The molecule has 1 N–H and O–H groups in total. The standard InChI is InChI=1S/C17H15NO3/c1-20-17(19)14-9-13-7-8-18-16(13)15(10-14)21-11-12-5-3-2-4-6-12/h2-10,18H,11H2,1H3. The van der Waals surface area contributed by atoms with Crippen molar-refractivity contribution in [3.05, 3.63) is 65.9 Å². The van der Waals surface area contributed by atoms with Gasteiger partial charge < -0.3 is 14.5 Å². The summed E-state index contributed by atoms with van der Waals surface area (Å²) in [6, 6.07) is 15.3. The monoisotopic (exact) mass is 281 g/mol. The lowest BCUT2D eigenvalue weighted by atomic mass is 10.1. The molecule has 21 heavy (non-hydrogen) atoms. The number of hydrogen-bond donors (Lipinski definition) is 1. The molecule has 4 nitrogen and oxygen atoms in total. The number of carbonyl (C=O) groups excluding carboxylic acids is 1. The number of nitrogens with one attached hydrogen (secondary N) is 1. The fraction of sp³-hybridized carbons (Fsp3) is 0.118. The zero-order valence-corrected chi connectivity index (χ0v) is 11.6. The van der Waals surface area contributed by atoms with E-state index in [0.29, 0.717) is 17.9 Å². The minimum Gasteiger partial charge on any atom is -0.487 e. The first-order chi connectivity index (χ1) is 10.3. The third kappa shape index (κ3) is 2.74. The number of aromatic nitrogens is 1. The van der Waals surface area contributed by atoms with E-state index in [1.807, 2.05) is 42.6 Å². The third-order valence-electron chi connectivity index (χ3n) is 3.28. The van der Waals surface area contributed by atoms with Gasteiger partial charge >= 0.3 is 5.97 Å². The lowest BCUT2D eigenvalue weighted by molar-refractivity contribution is 0.0600. The summed E-state index contributed by atoms with van der Waals surface area (Å²) < 4.78 is 10.6. The molecule has 0 bridgehead atoms. The van der Waals surface area contributed by atoms with Gasteiger partial charge in [-0.05, 0) is 23.8 Å². The molecule has 0 fully saturated rings. The number of H-pyrrole nitrogens is 1. The van der Waals surface area contributed by atoms with E-state index in [0.717, 1.165) is 16.5 Å². The Morgan fingerprint density at radius 2 is 1.95 bits per heavy atom. The zero-order valence-electron chi connectivity index (χ0n) is 11.6. The molecule has 3 rings (SSSR count). The molecule has 0 atom stereocenters. The van der Waals surface area contributed by atoms with Crippen LogP contribution in [-0.4, -0.2) is 18.1 Å². The Hall–Kier alpha value is -2.75. The van der Waals surface area contributed by atoms with Crippen LogP contribution in [0.15, 0.2) is 54.7 Å². The Kier molecular flexibility index (Phi) is 3.60. The molecular weight excluding hydrogens is 266 g/mol. The number of benzene rings is 2. The molecule has 0 saturated heterocycles. The maximum Gasteiger partial charge on any atom is 0.338 e. The van der Waals surface area contributed by atoms with Crippen molar-refractivity contribution in [2.75, 3.05) is 7.11 Å². The topological polar surface area (TPSA) is 51.3 Å². The Balaban J connectivity index is 1.92. The summed E-state index contributed by atoms with van der Waals surface area (Å²) in [7, 11) is 1.37. The van der Waals surface area contributed by atoms with Gasteiger partial charge in [-0.1, -0.05) is 30.3 Å². The maximum absolute atomic E-state index is 11.7. The van der Waals surface area contributed by atoms with Gasteiger partial charge in [-0.25, -0.2) is 4.79 Å². The number of carbonyl (C=O) groups is 1. The van der Waals surface area contributed by atoms with Crippen LogP contribution in [0.5, 0.6) is 5.75 Å². The average Bonchev–Trinajstić information content (AvgIpc) is 3.01. The van der Waals surface area contributed by atoms with Crippen LogP contribution in [0.1, 0.15) is 15.9 Å². The highest BCUT2D eigenvalue weighted by Crippen LogP contribution is 2.27. The van der Waals surface area contributed by atoms with Gasteiger partial charge in [0.1, 0.15) is 12.4 Å². The second-order valence-electron chi connectivity index (χ2n) is 4.68. The van der Waals surface area contributed by atoms with Crippen molar-refractivity contribution in [1.82, 2.24) is 4.98 Å². The van der Waals surface area contributed by atoms with E-state index in [4.69, 9.17) is 9.47 Å². The number of esters is 1. The number of ether oxygens (including phenoxy) is 2. The zero-order chi connectivity index (χ0) is 14.7. The van der Waals surface area contributed by atoms with Gasteiger partial charge in [-0.15, -0.1) is 0 Å². The quantitative estimate of drug-likeness (QED) is 0.744. The minimum atomic E-state index is -0.373. The van der Waals surface area contributed by atoms with E-state index in [1.165, 1.54) is 7.11 Å². The fourth-order valence-corrected chi connectivity index (χ4v) is 2.22. The van der Waals surface area contributed by atoms with Crippen LogP contribution in [0.4, 0.5) is 0 Å². The molecule has 0 spiro atoms. The fourth-order valence-electron chi connectivity index (χ4n) is 2.22. The molecule has 0 saturated carbocycles. The third-order valence-corrected chi connectivity index (χ3v) is 3.28. The Bertz CT molecular complexity index is 762. The molecule has 0 aliphatic rings. The van der Waals surface area contributed by atoms with Crippen LogP contribution < -0.4 is 4.74 Å². The molecule has 0 radical (unpaired) electrons. The maximum atomic E-state index is 11.7. The predicted octanol–water partition coefficient (Wildman–Crippen LogP) is 3.53. The second-order valence-corrected chi connectivity index (χ2v) is 4.68. The minimum absolute atomic E-state index is 0.373. The van der Waals surface area contributed by atoms with Crippen molar-refractivity contribution >= 4 is 16.9 Å². The highest BCUT2D eigenvalue weighted by molar-refractivity contribution is 5.97. The van der Waals surface area contributed by atoms with Crippen molar-refractivity contribution in [2.24, 2.45) is 0 Å². The van der Waals surface area contributed by atoms with Crippen LogP contribution in [0.25, 0.3) is 10.9 Å². The summed E-state index contributed by atoms with van der Waals surface area (Å²) in [5.41, 5.74) is 2.42.